The number of benzene rings is 1. The highest BCUT2D eigenvalue weighted by Crippen LogP contribution is 2.14. The van der Waals surface area contributed by atoms with Crippen LogP contribution in [0.2, 0.25) is 0 Å². The number of aromatic nitrogens is 1. The Balaban J connectivity index is 0.000000134. The highest BCUT2D eigenvalue weighted by atomic mass is 14.8. The lowest BCUT2D eigenvalue weighted by Gasteiger charge is -2.01. The predicted octanol–water partition coefficient (Wildman–Crippen LogP) is 3.69. The van der Waals surface area contributed by atoms with E-state index in [9.17, 15) is 0 Å². The van der Waals surface area contributed by atoms with E-state index in [1.807, 2.05) is 31.4 Å². The maximum absolute atomic E-state index is 4.20. The molecule has 1 aliphatic carbocycles. The lowest BCUT2D eigenvalue weighted by Crippen LogP contribution is -1.89. The van der Waals surface area contributed by atoms with Crippen molar-refractivity contribution in [3.8, 4) is 0 Å². The molecule has 0 atom stereocenters. The van der Waals surface area contributed by atoms with E-state index in [1.165, 1.54) is 22.5 Å². The molecule has 1 aromatic carbocycles. The molecule has 0 radical (unpaired) electrons. The second kappa shape index (κ2) is 6.01. The van der Waals surface area contributed by atoms with Crippen molar-refractivity contribution < 1.29 is 0 Å². The average molecular weight is 238 g/mol. The summed E-state index contributed by atoms with van der Waals surface area (Å²) in [6.07, 6.45) is 7.10. The van der Waals surface area contributed by atoms with Crippen molar-refractivity contribution in [2.75, 3.05) is 12.4 Å². The molecule has 1 heterocycles. The Morgan fingerprint density at radius 2 is 1.94 bits per heavy atom. The van der Waals surface area contributed by atoms with Crippen LogP contribution in [-0.2, 0) is 6.42 Å². The molecule has 0 saturated carbocycles. The fourth-order valence-corrected chi connectivity index (χ4v) is 1.92. The van der Waals surface area contributed by atoms with E-state index in [2.05, 4.69) is 47.6 Å². The number of rotatable bonds is 1. The Hall–Kier alpha value is -2.09. The molecule has 2 aromatic rings. The topological polar surface area (TPSA) is 24.9 Å². The summed E-state index contributed by atoms with van der Waals surface area (Å²) in [5, 5.41) is 3.10. The zero-order valence-electron chi connectivity index (χ0n) is 10.9. The van der Waals surface area contributed by atoms with Gasteiger partial charge in [-0.15, -0.1) is 0 Å². The summed E-state index contributed by atoms with van der Waals surface area (Å²) < 4.78 is 0. The van der Waals surface area contributed by atoms with Gasteiger partial charge in [-0.1, -0.05) is 36.4 Å². The molecule has 1 aromatic heterocycles. The summed E-state index contributed by atoms with van der Waals surface area (Å²) in [5.74, 6) is 0. The van der Waals surface area contributed by atoms with Gasteiger partial charge in [0.1, 0.15) is 0 Å². The number of hydrogen-bond acceptors (Lipinski definition) is 2. The van der Waals surface area contributed by atoms with Gasteiger partial charge in [0.05, 0.1) is 5.69 Å². The summed E-state index contributed by atoms with van der Waals surface area (Å²) in [6, 6.07) is 12.3. The molecule has 2 heteroatoms. The summed E-state index contributed by atoms with van der Waals surface area (Å²) in [4.78, 5) is 4.20. The molecule has 1 N–H and O–H groups in total. The van der Waals surface area contributed by atoms with Gasteiger partial charge in [-0.3, -0.25) is 4.98 Å². The Morgan fingerprint density at radius 3 is 2.61 bits per heavy atom. The number of allylic oxidation sites excluding steroid dienone is 1. The largest absolute Gasteiger partial charge is 0.388 e. The lowest BCUT2D eigenvalue weighted by atomic mass is 10.2. The molecular formula is C16H18N2. The van der Waals surface area contributed by atoms with Crippen LogP contribution in [0.25, 0.3) is 6.08 Å². The van der Waals surface area contributed by atoms with Crippen LogP contribution in [0.3, 0.4) is 0 Å². The van der Waals surface area contributed by atoms with E-state index in [4.69, 9.17) is 0 Å². The zero-order valence-corrected chi connectivity index (χ0v) is 10.9. The van der Waals surface area contributed by atoms with E-state index in [-0.39, 0.29) is 0 Å². The number of anilines is 1. The SMILES string of the molecule is C1=Cc2cccnc2C1.CNc1ccccc1C. The molecule has 92 valence electrons. The van der Waals surface area contributed by atoms with Gasteiger partial charge in [-0.25, -0.2) is 0 Å². The van der Waals surface area contributed by atoms with Crippen molar-refractivity contribution in [2.24, 2.45) is 0 Å². The van der Waals surface area contributed by atoms with E-state index < -0.39 is 0 Å². The first-order valence-corrected chi connectivity index (χ1v) is 6.15. The molecule has 0 unspecified atom stereocenters. The van der Waals surface area contributed by atoms with Crippen LogP contribution >= 0.6 is 0 Å². The van der Waals surface area contributed by atoms with Gasteiger partial charge in [-0.05, 0) is 30.2 Å². The maximum Gasteiger partial charge on any atom is 0.0513 e. The monoisotopic (exact) mass is 238 g/mol. The van der Waals surface area contributed by atoms with Crippen molar-refractivity contribution in [1.29, 1.82) is 0 Å². The van der Waals surface area contributed by atoms with Crippen molar-refractivity contribution in [1.82, 2.24) is 4.98 Å². The van der Waals surface area contributed by atoms with Gasteiger partial charge in [0.25, 0.3) is 0 Å². The third-order valence-electron chi connectivity index (χ3n) is 2.95. The fraction of sp³-hybridized carbons (Fsp3) is 0.188. The molecule has 0 aliphatic heterocycles. The number of nitrogens with one attached hydrogen (secondary N) is 1. The molecule has 18 heavy (non-hydrogen) atoms. The number of para-hydroxylation sites is 1. The van der Waals surface area contributed by atoms with Gasteiger partial charge in [0.2, 0.25) is 0 Å². The van der Waals surface area contributed by atoms with Crippen LogP contribution in [0.15, 0.2) is 48.7 Å². The summed E-state index contributed by atoms with van der Waals surface area (Å²) in [5.41, 5.74) is 4.98. The highest BCUT2D eigenvalue weighted by Gasteiger charge is 2.02. The number of pyridine rings is 1. The van der Waals surface area contributed by atoms with Crippen LogP contribution in [0.5, 0.6) is 0 Å². The molecule has 0 spiro atoms. The van der Waals surface area contributed by atoms with Crippen molar-refractivity contribution >= 4 is 11.8 Å². The first-order valence-electron chi connectivity index (χ1n) is 6.15. The van der Waals surface area contributed by atoms with Gasteiger partial charge < -0.3 is 5.32 Å². The summed E-state index contributed by atoms with van der Waals surface area (Å²) >= 11 is 0. The Labute approximate surface area is 108 Å². The number of fused-ring (bicyclic) bond motifs is 1. The third-order valence-corrected chi connectivity index (χ3v) is 2.95. The number of aryl methyl sites for hydroxylation is 1. The van der Waals surface area contributed by atoms with Gasteiger partial charge in [0, 0.05) is 25.4 Å². The van der Waals surface area contributed by atoms with Crippen LogP contribution in [0, 0.1) is 6.92 Å². The number of hydrogen-bond donors (Lipinski definition) is 1. The Kier molecular flexibility index (Phi) is 4.13. The Morgan fingerprint density at radius 1 is 1.11 bits per heavy atom. The smallest absolute Gasteiger partial charge is 0.0513 e. The quantitative estimate of drug-likeness (QED) is 0.819. The summed E-state index contributed by atoms with van der Waals surface area (Å²) in [7, 11) is 1.93. The van der Waals surface area contributed by atoms with Crippen LogP contribution < -0.4 is 5.32 Å². The molecule has 0 bridgehead atoms. The highest BCUT2D eigenvalue weighted by molar-refractivity contribution is 5.57. The van der Waals surface area contributed by atoms with E-state index in [0.717, 1.165) is 6.42 Å². The van der Waals surface area contributed by atoms with Crippen molar-refractivity contribution in [3.05, 3.63) is 65.5 Å². The van der Waals surface area contributed by atoms with Crippen LogP contribution in [-0.4, -0.2) is 12.0 Å². The first-order chi connectivity index (χ1) is 8.81. The predicted molar refractivity (Wildman–Crippen MR) is 77.7 cm³/mol. The van der Waals surface area contributed by atoms with Gasteiger partial charge in [-0.2, -0.15) is 0 Å². The van der Waals surface area contributed by atoms with Gasteiger partial charge >= 0.3 is 0 Å². The van der Waals surface area contributed by atoms with Crippen molar-refractivity contribution in [2.45, 2.75) is 13.3 Å². The number of nitrogens with zero attached hydrogens (tertiary/aromatic N) is 1. The standard InChI is InChI=1S/C8H7N.C8H11N/c1-3-7-4-2-6-9-8(7)5-1;1-7-5-3-4-6-8(7)9-2/h1-4,6H,5H2;3-6,9H,1-2H3. The second-order valence-corrected chi connectivity index (χ2v) is 4.21. The summed E-state index contributed by atoms with van der Waals surface area (Å²) in [6.45, 7) is 2.09. The molecule has 0 fully saturated rings. The molecule has 0 saturated heterocycles. The minimum atomic E-state index is 1.01. The fourth-order valence-electron chi connectivity index (χ4n) is 1.92. The third kappa shape index (κ3) is 2.98. The molecule has 2 nitrogen and oxygen atoms in total. The van der Waals surface area contributed by atoms with Crippen LogP contribution in [0.4, 0.5) is 5.69 Å². The first kappa shape index (κ1) is 12.4. The average Bonchev–Trinajstić information content (AvgIpc) is 2.88. The van der Waals surface area contributed by atoms with E-state index in [0.29, 0.717) is 0 Å². The van der Waals surface area contributed by atoms with E-state index >= 15 is 0 Å². The second-order valence-electron chi connectivity index (χ2n) is 4.21. The van der Waals surface area contributed by atoms with E-state index in [1.54, 1.807) is 0 Å². The molecule has 1 aliphatic rings. The normalized spacial score (nSPS) is 11.4. The van der Waals surface area contributed by atoms with Gasteiger partial charge in [0.15, 0.2) is 0 Å². The van der Waals surface area contributed by atoms with Crippen molar-refractivity contribution in [3.63, 3.8) is 0 Å². The lowest BCUT2D eigenvalue weighted by molar-refractivity contribution is 1.13. The maximum atomic E-state index is 4.20. The molecular weight excluding hydrogens is 220 g/mol. The molecule has 3 rings (SSSR count). The van der Waals surface area contributed by atoms with Crippen LogP contribution in [0.1, 0.15) is 16.8 Å². The minimum absolute atomic E-state index is 1.01. The minimum Gasteiger partial charge on any atom is -0.388 e. The molecule has 0 amide bonds. The zero-order chi connectivity index (χ0) is 12.8. The Bertz CT molecular complexity index is 538.